The van der Waals surface area contributed by atoms with Crippen molar-refractivity contribution in [2.75, 3.05) is 11.1 Å². The fraction of sp³-hybridized carbons (Fsp3) is 0.0909. The molecule has 0 aliphatic heterocycles. The lowest BCUT2D eigenvalue weighted by molar-refractivity contribution is 1.09. The van der Waals surface area contributed by atoms with Gasteiger partial charge in [0.2, 0.25) is 0 Å². The van der Waals surface area contributed by atoms with Gasteiger partial charge in [0.15, 0.2) is 0 Å². The fourth-order valence-electron chi connectivity index (χ4n) is 1.39. The van der Waals surface area contributed by atoms with Gasteiger partial charge in [0, 0.05) is 18.3 Å². The Morgan fingerprint density at radius 2 is 2.38 bits per heavy atom. The third-order valence-corrected chi connectivity index (χ3v) is 2.26. The predicted octanol–water partition coefficient (Wildman–Crippen LogP) is 1.48. The van der Waals surface area contributed by atoms with Crippen LogP contribution in [-0.4, -0.2) is 10.2 Å². The number of benzene rings is 1. The monoisotopic (exact) mass is 213 g/mol. The summed E-state index contributed by atoms with van der Waals surface area (Å²) in [6, 6.07) is 7.38. The molecule has 0 aliphatic carbocycles. The van der Waals surface area contributed by atoms with Gasteiger partial charge in [-0.2, -0.15) is 10.4 Å². The second-order valence-corrected chi connectivity index (χ2v) is 3.34. The summed E-state index contributed by atoms with van der Waals surface area (Å²) < 4.78 is 0. The molecule has 0 spiro atoms. The molecule has 1 aromatic carbocycles. The zero-order valence-corrected chi connectivity index (χ0v) is 8.57. The highest BCUT2D eigenvalue weighted by molar-refractivity contribution is 5.72. The van der Waals surface area contributed by atoms with Gasteiger partial charge in [-0.05, 0) is 12.1 Å². The smallest absolute Gasteiger partial charge is 0.101 e. The fourth-order valence-corrected chi connectivity index (χ4v) is 1.39. The van der Waals surface area contributed by atoms with Crippen molar-refractivity contribution in [3.63, 3.8) is 0 Å². The van der Waals surface area contributed by atoms with Crippen molar-refractivity contribution in [2.45, 2.75) is 6.54 Å². The molecular weight excluding hydrogens is 202 g/mol. The predicted molar refractivity (Wildman–Crippen MR) is 61.5 cm³/mol. The highest BCUT2D eigenvalue weighted by atomic mass is 15.1. The molecule has 0 bridgehead atoms. The van der Waals surface area contributed by atoms with Gasteiger partial charge >= 0.3 is 0 Å². The van der Waals surface area contributed by atoms with Gasteiger partial charge < -0.3 is 11.1 Å². The second kappa shape index (κ2) is 4.36. The number of anilines is 2. The number of H-pyrrole nitrogens is 1. The molecule has 0 saturated heterocycles. The molecule has 1 aromatic heterocycles. The van der Waals surface area contributed by atoms with Gasteiger partial charge in [0.25, 0.3) is 0 Å². The summed E-state index contributed by atoms with van der Waals surface area (Å²) in [6.45, 7) is 0.621. The highest BCUT2D eigenvalue weighted by Crippen LogP contribution is 2.22. The number of hydrogen-bond donors (Lipinski definition) is 3. The largest absolute Gasteiger partial charge is 0.396 e. The van der Waals surface area contributed by atoms with Crippen molar-refractivity contribution >= 4 is 11.4 Å². The molecule has 16 heavy (non-hydrogen) atoms. The molecule has 0 radical (unpaired) electrons. The third kappa shape index (κ3) is 1.96. The van der Waals surface area contributed by atoms with Gasteiger partial charge in [-0.25, -0.2) is 0 Å². The summed E-state index contributed by atoms with van der Waals surface area (Å²) in [5.74, 6) is 0. The normalized spacial score (nSPS) is 9.69. The van der Waals surface area contributed by atoms with Crippen LogP contribution in [0.3, 0.4) is 0 Å². The molecule has 0 saturated carbocycles. The molecule has 5 nitrogen and oxygen atoms in total. The van der Waals surface area contributed by atoms with E-state index in [1.807, 2.05) is 12.1 Å². The van der Waals surface area contributed by atoms with Gasteiger partial charge in [-0.15, -0.1) is 0 Å². The Kier molecular flexibility index (Phi) is 2.74. The molecule has 1 heterocycles. The first-order valence-corrected chi connectivity index (χ1v) is 4.81. The first-order chi connectivity index (χ1) is 7.81. The Morgan fingerprint density at radius 3 is 3.06 bits per heavy atom. The number of rotatable bonds is 3. The van der Waals surface area contributed by atoms with Crippen LogP contribution in [0.25, 0.3) is 0 Å². The molecule has 5 heteroatoms. The molecular formula is C11H11N5. The Bertz CT molecular complexity index is 510. The zero-order valence-electron chi connectivity index (χ0n) is 8.57. The average molecular weight is 213 g/mol. The van der Waals surface area contributed by atoms with Crippen molar-refractivity contribution in [3.8, 4) is 6.07 Å². The van der Waals surface area contributed by atoms with E-state index in [0.717, 1.165) is 11.3 Å². The second-order valence-electron chi connectivity index (χ2n) is 3.34. The van der Waals surface area contributed by atoms with Gasteiger partial charge in [0.1, 0.15) is 6.07 Å². The molecule has 0 aliphatic rings. The number of nitriles is 1. The molecule has 80 valence electrons. The minimum Gasteiger partial charge on any atom is -0.396 e. The van der Waals surface area contributed by atoms with Crippen LogP contribution in [0.5, 0.6) is 0 Å². The minimum absolute atomic E-state index is 0.480. The van der Waals surface area contributed by atoms with Crippen LogP contribution in [0.4, 0.5) is 11.4 Å². The average Bonchev–Trinajstić information content (AvgIpc) is 2.81. The number of hydrogen-bond acceptors (Lipinski definition) is 4. The molecule has 0 fully saturated rings. The number of para-hydroxylation sites is 1. The van der Waals surface area contributed by atoms with E-state index in [4.69, 9.17) is 11.0 Å². The summed E-state index contributed by atoms with van der Waals surface area (Å²) in [5, 5.41) is 18.5. The summed E-state index contributed by atoms with van der Waals surface area (Å²) in [5.41, 5.74) is 8.58. The van der Waals surface area contributed by atoms with E-state index in [0.29, 0.717) is 17.8 Å². The number of aromatic amines is 1. The topological polar surface area (TPSA) is 90.5 Å². The lowest BCUT2D eigenvalue weighted by Crippen LogP contribution is -2.03. The van der Waals surface area contributed by atoms with E-state index >= 15 is 0 Å². The number of nitrogens with one attached hydrogen (secondary N) is 2. The van der Waals surface area contributed by atoms with Crippen molar-refractivity contribution in [2.24, 2.45) is 0 Å². The maximum absolute atomic E-state index is 8.82. The lowest BCUT2D eigenvalue weighted by atomic mass is 10.1. The van der Waals surface area contributed by atoms with Crippen LogP contribution in [0, 0.1) is 11.3 Å². The Hall–Kier alpha value is -2.48. The van der Waals surface area contributed by atoms with E-state index in [2.05, 4.69) is 15.5 Å². The van der Waals surface area contributed by atoms with E-state index in [9.17, 15) is 0 Å². The molecule has 2 rings (SSSR count). The van der Waals surface area contributed by atoms with Gasteiger partial charge in [0.05, 0.1) is 23.1 Å². The summed E-state index contributed by atoms with van der Waals surface area (Å²) in [7, 11) is 0. The first kappa shape index (κ1) is 10.1. The standard InChI is InChI=1S/C11H11N5/c12-4-9-2-1-3-10(11(9)13)14-5-8-6-15-16-7-8/h1-3,6-7,14H,5,13H2,(H,15,16). The van der Waals surface area contributed by atoms with Gasteiger partial charge in [-0.3, -0.25) is 5.10 Å². The zero-order chi connectivity index (χ0) is 11.4. The van der Waals surface area contributed by atoms with Crippen molar-refractivity contribution < 1.29 is 0 Å². The van der Waals surface area contributed by atoms with E-state index in [1.54, 1.807) is 24.5 Å². The summed E-state index contributed by atoms with van der Waals surface area (Å²) >= 11 is 0. The molecule has 4 N–H and O–H groups in total. The highest BCUT2D eigenvalue weighted by Gasteiger charge is 2.03. The maximum atomic E-state index is 8.82. The van der Waals surface area contributed by atoms with E-state index in [1.165, 1.54) is 0 Å². The van der Waals surface area contributed by atoms with E-state index < -0.39 is 0 Å². The van der Waals surface area contributed by atoms with Crippen LogP contribution < -0.4 is 11.1 Å². The summed E-state index contributed by atoms with van der Waals surface area (Å²) in [4.78, 5) is 0. The molecule has 2 aromatic rings. The van der Waals surface area contributed by atoms with Crippen molar-refractivity contribution in [1.29, 1.82) is 5.26 Å². The van der Waals surface area contributed by atoms with Crippen molar-refractivity contribution in [3.05, 3.63) is 41.7 Å². The summed E-state index contributed by atoms with van der Waals surface area (Å²) in [6.07, 6.45) is 3.54. The lowest BCUT2D eigenvalue weighted by Gasteiger charge is -2.08. The van der Waals surface area contributed by atoms with Crippen LogP contribution in [0.2, 0.25) is 0 Å². The third-order valence-electron chi connectivity index (χ3n) is 2.26. The molecule has 0 atom stereocenters. The molecule has 0 amide bonds. The SMILES string of the molecule is N#Cc1cccc(NCc2cn[nH]c2)c1N. The number of nitrogens with two attached hydrogens (primary N) is 1. The van der Waals surface area contributed by atoms with Crippen LogP contribution in [0.1, 0.15) is 11.1 Å². The Labute approximate surface area is 92.9 Å². The first-order valence-electron chi connectivity index (χ1n) is 4.81. The number of nitrogen functional groups attached to an aromatic ring is 1. The quantitative estimate of drug-likeness (QED) is 0.673. The number of nitrogens with zero attached hydrogens (tertiary/aromatic N) is 2. The van der Waals surface area contributed by atoms with Gasteiger partial charge in [-0.1, -0.05) is 6.07 Å². The van der Waals surface area contributed by atoms with Crippen LogP contribution in [0.15, 0.2) is 30.6 Å². The number of aromatic nitrogens is 2. The molecule has 0 unspecified atom stereocenters. The van der Waals surface area contributed by atoms with Crippen LogP contribution >= 0.6 is 0 Å². The van der Waals surface area contributed by atoms with E-state index in [-0.39, 0.29) is 0 Å². The van der Waals surface area contributed by atoms with Crippen LogP contribution in [-0.2, 0) is 6.54 Å². The Morgan fingerprint density at radius 1 is 1.50 bits per heavy atom. The Balaban J connectivity index is 2.13. The maximum Gasteiger partial charge on any atom is 0.101 e. The minimum atomic E-state index is 0.480. The van der Waals surface area contributed by atoms with Crippen molar-refractivity contribution in [1.82, 2.24) is 10.2 Å².